The van der Waals surface area contributed by atoms with Gasteiger partial charge in [0, 0.05) is 18.7 Å². The second kappa shape index (κ2) is 15.3. The van der Waals surface area contributed by atoms with Crippen LogP contribution in [0.3, 0.4) is 0 Å². The third-order valence-corrected chi connectivity index (χ3v) is 7.95. The van der Waals surface area contributed by atoms with Crippen molar-refractivity contribution in [3.63, 3.8) is 0 Å². The molecule has 4 aromatic rings. The van der Waals surface area contributed by atoms with Gasteiger partial charge >= 0.3 is 12.2 Å². The SMILES string of the molecule is Cc1cc(C(=O)Cc2cccc(C(NCC3CC3)c3ccc(NC(=O)OC(C)(C)C)cc3)c2)n(-c2cccc(CNC(=O)OC(C)(C)C)c2)n1. The van der Waals surface area contributed by atoms with E-state index in [9.17, 15) is 14.4 Å². The summed E-state index contributed by atoms with van der Waals surface area (Å²) in [5.41, 5.74) is 5.29. The summed E-state index contributed by atoms with van der Waals surface area (Å²) in [7, 11) is 0. The smallest absolute Gasteiger partial charge is 0.412 e. The molecule has 0 aliphatic heterocycles. The molecule has 1 unspecified atom stereocenters. The number of nitrogens with one attached hydrogen (secondary N) is 3. The number of rotatable bonds is 12. The number of carbonyl (C=O) groups excluding carboxylic acids is 3. The second-order valence-electron chi connectivity index (χ2n) is 15.0. The minimum atomic E-state index is -0.588. The highest BCUT2D eigenvalue weighted by molar-refractivity contribution is 5.96. The molecule has 1 heterocycles. The van der Waals surface area contributed by atoms with E-state index in [1.54, 1.807) is 4.68 Å². The number of Topliss-reactive ketones (excluding diaryl/α,β-unsaturated/α-hetero) is 1. The average Bonchev–Trinajstić information content (AvgIpc) is 3.77. The first-order valence-electron chi connectivity index (χ1n) is 17.2. The molecule has 0 saturated heterocycles. The first kappa shape index (κ1) is 36.3. The number of benzene rings is 3. The van der Waals surface area contributed by atoms with Crippen LogP contribution in [-0.4, -0.2) is 45.5 Å². The zero-order chi connectivity index (χ0) is 36.1. The van der Waals surface area contributed by atoms with Gasteiger partial charge in [0.05, 0.1) is 17.4 Å². The molecule has 0 spiro atoms. The van der Waals surface area contributed by atoms with E-state index in [0.29, 0.717) is 17.3 Å². The molecule has 1 aliphatic rings. The Balaban J connectivity index is 1.31. The van der Waals surface area contributed by atoms with Crippen molar-refractivity contribution in [1.29, 1.82) is 0 Å². The molecule has 10 heteroatoms. The van der Waals surface area contributed by atoms with Gasteiger partial charge in [0.2, 0.25) is 0 Å². The first-order valence-corrected chi connectivity index (χ1v) is 17.2. The summed E-state index contributed by atoms with van der Waals surface area (Å²) >= 11 is 0. The van der Waals surface area contributed by atoms with Gasteiger partial charge in [0.15, 0.2) is 5.78 Å². The van der Waals surface area contributed by atoms with Crippen LogP contribution in [-0.2, 0) is 22.4 Å². The summed E-state index contributed by atoms with van der Waals surface area (Å²) in [5.74, 6) is 0.616. The van der Waals surface area contributed by atoms with Crippen LogP contribution in [0.25, 0.3) is 5.69 Å². The molecule has 3 N–H and O–H groups in total. The van der Waals surface area contributed by atoms with E-state index < -0.39 is 23.4 Å². The van der Waals surface area contributed by atoms with Gasteiger partial charge < -0.3 is 20.1 Å². The Labute approximate surface area is 294 Å². The van der Waals surface area contributed by atoms with Crippen LogP contribution in [0.2, 0.25) is 0 Å². The fourth-order valence-electron chi connectivity index (χ4n) is 5.56. The molecule has 3 aromatic carbocycles. The second-order valence-corrected chi connectivity index (χ2v) is 15.0. The summed E-state index contributed by atoms with van der Waals surface area (Å²) in [6.07, 6.45) is 1.66. The van der Waals surface area contributed by atoms with Crippen LogP contribution in [0.4, 0.5) is 15.3 Å². The normalized spacial score (nSPS) is 13.7. The van der Waals surface area contributed by atoms with E-state index in [1.807, 2.05) is 115 Å². The number of ether oxygens (including phenoxy) is 2. The summed E-state index contributed by atoms with van der Waals surface area (Å²) in [6.45, 7) is 14.0. The Kier molecular flexibility index (Phi) is 11.1. The highest BCUT2D eigenvalue weighted by Crippen LogP contribution is 2.31. The monoisotopic (exact) mass is 679 g/mol. The van der Waals surface area contributed by atoms with Crippen LogP contribution < -0.4 is 16.0 Å². The Bertz CT molecular complexity index is 1810. The number of hydrogen-bond donors (Lipinski definition) is 3. The minimum absolute atomic E-state index is 0.0555. The van der Waals surface area contributed by atoms with Crippen LogP contribution in [0.5, 0.6) is 0 Å². The third-order valence-electron chi connectivity index (χ3n) is 7.95. The molecule has 0 radical (unpaired) electrons. The van der Waals surface area contributed by atoms with E-state index in [-0.39, 0.29) is 24.8 Å². The van der Waals surface area contributed by atoms with E-state index in [1.165, 1.54) is 12.8 Å². The van der Waals surface area contributed by atoms with Crippen LogP contribution in [0.15, 0.2) is 78.9 Å². The summed E-state index contributed by atoms with van der Waals surface area (Å²) in [5, 5.41) is 14.0. The summed E-state index contributed by atoms with van der Waals surface area (Å²) in [6, 6.07) is 25.2. The van der Waals surface area contributed by atoms with Crippen LogP contribution in [0, 0.1) is 12.8 Å². The number of ketones is 1. The van der Waals surface area contributed by atoms with Crippen molar-refractivity contribution in [2.75, 3.05) is 11.9 Å². The van der Waals surface area contributed by atoms with Crippen molar-refractivity contribution in [1.82, 2.24) is 20.4 Å². The molecule has 1 aromatic heterocycles. The number of carbonyl (C=O) groups is 3. The van der Waals surface area contributed by atoms with E-state index in [4.69, 9.17) is 9.47 Å². The van der Waals surface area contributed by atoms with Crippen molar-refractivity contribution < 1.29 is 23.9 Å². The topological polar surface area (TPSA) is 124 Å². The summed E-state index contributed by atoms with van der Waals surface area (Å²) in [4.78, 5) is 38.3. The fourth-order valence-corrected chi connectivity index (χ4v) is 5.56. The minimum Gasteiger partial charge on any atom is -0.444 e. The molecular weight excluding hydrogens is 630 g/mol. The predicted octanol–water partition coefficient (Wildman–Crippen LogP) is 8.07. The standard InChI is InChI=1S/C40H49N5O5/c1-26-20-34(45(44-26)33-13-9-11-29(22-33)25-42-37(47)49-39(2,3)4)35(46)23-28-10-8-12-31(21-28)36(41-24-27-14-15-27)30-16-18-32(19-17-30)43-38(48)50-40(5,6)7/h8-13,16-22,27,36,41H,14-15,23-25H2,1-7H3,(H,42,47)(H,43,48). The highest BCUT2D eigenvalue weighted by atomic mass is 16.6. The lowest BCUT2D eigenvalue weighted by Gasteiger charge is -2.22. The quantitative estimate of drug-likeness (QED) is 0.129. The Hall–Kier alpha value is -4.96. The van der Waals surface area contributed by atoms with Gasteiger partial charge in [0.1, 0.15) is 16.9 Å². The number of nitrogens with zero attached hydrogens (tertiary/aromatic N) is 2. The van der Waals surface area contributed by atoms with Crippen LogP contribution >= 0.6 is 0 Å². The molecule has 10 nitrogen and oxygen atoms in total. The zero-order valence-corrected chi connectivity index (χ0v) is 30.1. The zero-order valence-electron chi connectivity index (χ0n) is 30.1. The van der Waals surface area contributed by atoms with Gasteiger partial charge in [-0.05, 0) is 126 Å². The lowest BCUT2D eigenvalue weighted by molar-refractivity contribution is 0.0522. The Morgan fingerprint density at radius 1 is 0.820 bits per heavy atom. The number of amides is 2. The van der Waals surface area contributed by atoms with E-state index >= 15 is 0 Å². The van der Waals surface area contributed by atoms with Crippen LogP contribution in [0.1, 0.15) is 98.9 Å². The van der Waals surface area contributed by atoms with Crippen molar-refractivity contribution >= 4 is 23.7 Å². The number of aryl methyl sites for hydroxylation is 1. The van der Waals surface area contributed by atoms with Gasteiger partial charge in [-0.1, -0.05) is 48.5 Å². The van der Waals surface area contributed by atoms with Crippen molar-refractivity contribution in [3.8, 4) is 5.69 Å². The number of aromatic nitrogens is 2. The maximum absolute atomic E-state index is 13.8. The summed E-state index contributed by atoms with van der Waals surface area (Å²) < 4.78 is 12.4. The van der Waals surface area contributed by atoms with Crippen molar-refractivity contribution in [2.24, 2.45) is 5.92 Å². The molecule has 5 rings (SSSR count). The Morgan fingerprint density at radius 2 is 1.48 bits per heavy atom. The number of hydrogen-bond acceptors (Lipinski definition) is 7. The van der Waals surface area contributed by atoms with Crippen molar-refractivity contribution in [3.05, 3.63) is 113 Å². The van der Waals surface area contributed by atoms with Gasteiger partial charge in [-0.3, -0.25) is 10.1 Å². The molecule has 50 heavy (non-hydrogen) atoms. The van der Waals surface area contributed by atoms with E-state index in [2.05, 4.69) is 33.2 Å². The van der Waals surface area contributed by atoms with E-state index in [0.717, 1.165) is 40.2 Å². The molecule has 1 atom stereocenters. The average molecular weight is 680 g/mol. The molecule has 1 fully saturated rings. The maximum atomic E-state index is 13.8. The fraction of sp³-hybridized carbons (Fsp3) is 0.400. The molecule has 1 saturated carbocycles. The molecule has 264 valence electrons. The van der Waals surface area contributed by atoms with Crippen molar-refractivity contribution in [2.45, 2.75) is 91.5 Å². The largest absolute Gasteiger partial charge is 0.444 e. The molecular formula is C40H49N5O5. The van der Waals surface area contributed by atoms with Gasteiger partial charge in [-0.2, -0.15) is 5.10 Å². The first-order chi connectivity index (χ1) is 23.6. The molecule has 1 aliphatic carbocycles. The lowest BCUT2D eigenvalue weighted by Crippen LogP contribution is -2.32. The highest BCUT2D eigenvalue weighted by Gasteiger charge is 2.25. The number of alkyl carbamates (subject to hydrolysis) is 1. The Morgan fingerprint density at radius 3 is 2.16 bits per heavy atom. The van der Waals surface area contributed by atoms with Gasteiger partial charge in [-0.25, -0.2) is 14.3 Å². The maximum Gasteiger partial charge on any atom is 0.412 e. The predicted molar refractivity (Wildman–Crippen MR) is 195 cm³/mol. The lowest BCUT2D eigenvalue weighted by atomic mass is 9.95. The van der Waals surface area contributed by atoms with Gasteiger partial charge in [-0.15, -0.1) is 0 Å². The molecule has 2 amide bonds. The molecule has 0 bridgehead atoms. The third kappa shape index (κ3) is 10.8. The van der Waals surface area contributed by atoms with Gasteiger partial charge in [0.25, 0.3) is 0 Å². The number of anilines is 1.